The van der Waals surface area contributed by atoms with E-state index in [1.165, 1.54) is 11.8 Å². The number of fused-ring (bicyclic) bond motifs is 1. The highest BCUT2D eigenvalue weighted by molar-refractivity contribution is 7.99. The minimum absolute atomic E-state index is 0.173. The molecule has 2 amide bonds. The van der Waals surface area contributed by atoms with Crippen LogP contribution < -0.4 is 10.6 Å². The number of amides is 2. The van der Waals surface area contributed by atoms with Gasteiger partial charge in [-0.3, -0.25) is 14.0 Å². The maximum absolute atomic E-state index is 11.9. The Hall–Kier alpha value is -2.09. The smallest absolute Gasteiger partial charge is 0.242 e. The summed E-state index contributed by atoms with van der Waals surface area (Å²) in [6.07, 6.45) is 2.71. The molecule has 0 bridgehead atoms. The Bertz CT molecular complexity index is 657. The predicted octanol–water partition coefficient (Wildman–Crippen LogP) is 0.852. The molecule has 0 unspecified atom stereocenters. The van der Waals surface area contributed by atoms with Gasteiger partial charge in [0.25, 0.3) is 0 Å². The lowest BCUT2D eigenvalue weighted by molar-refractivity contribution is -0.127. The summed E-state index contributed by atoms with van der Waals surface area (Å²) in [5.74, 6) is -0.203. The average Bonchev–Trinajstić information content (AvgIpc) is 2.93. The maximum atomic E-state index is 11.9. The molecule has 0 aliphatic rings. The van der Waals surface area contributed by atoms with E-state index in [1.54, 1.807) is 6.92 Å². The molecule has 0 radical (unpaired) electrons. The van der Waals surface area contributed by atoms with Gasteiger partial charge in [-0.25, -0.2) is 0 Å². The van der Waals surface area contributed by atoms with E-state index in [4.69, 9.17) is 0 Å². The largest absolute Gasteiger partial charge is 0.354 e. The molecule has 22 heavy (non-hydrogen) atoms. The van der Waals surface area contributed by atoms with Crippen LogP contribution in [0.4, 0.5) is 0 Å². The van der Waals surface area contributed by atoms with Crippen LogP contribution in [0.1, 0.15) is 20.3 Å². The van der Waals surface area contributed by atoms with Gasteiger partial charge in [0, 0.05) is 12.7 Å². The average molecular weight is 321 g/mol. The van der Waals surface area contributed by atoms with Gasteiger partial charge in [-0.1, -0.05) is 24.8 Å². The number of carbonyl (C=O) groups is 2. The van der Waals surface area contributed by atoms with Crippen LogP contribution in [-0.2, 0) is 9.59 Å². The number of thioether (sulfide) groups is 1. The summed E-state index contributed by atoms with van der Waals surface area (Å²) >= 11 is 1.28. The van der Waals surface area contributed by atoms with Crippen LogP contribution in [0, 0.1) is 0 Å². The van der Waals surface area contributed by atoms with Crippen LogP contribution in [0.5, 0.6) is 0 Å². The summed E-state index contributed by atoms with van der Waals surface area (Å²) in [4.78, 5) is 23.6. The summed E-state index contributed by atoms with van der Waals surface area (Å²) in [5, 5.41) is 14.1. The number of pyridine rings is 1. The molecule has 2 aromatic rings. The Morgan fingerprint density at radius 1 is 1.36 bits per heavy atom. The molecular formula is C14H19N5O2S. The number of hydrogen-bond acceptors (Lipinski definition) is 5. The SMILES string of the molecule is CCCNC(=O)[C@@H](C)NC(=O)CSc1nnc2ccccn12. The molecular weight excluding hydrogens is 302 g/mol. The van der Waals surface area contributed by atoms with Crippen molar-refractivity contribution in [2.45, 2.75) is 31.5 Å². The van der Waals surface area contributed by atoms with Crippen molar-refractivity contribution in [1.29, 1.82) is 0 Å². The van der Waals surface area contributed by atoms with E-state index >= 15 is 0 Å². The summed E-state index contributed by atoms with van der Waals surface area (Å²) in [6, 6.07) is 5.05. The molecule has 8 heteroatoms. The highest BCUT2D eigenvalue weighted by Crippen LogP contribution is 2.16. The van der Waals surface area contributed by atoms with Gasteiger partial charge in [0.05, 0.1) is 5.75 Å². The van der Waals surface area contributed by atoms with E-state index in [1.807, 2.05) is 35.7 Å². The van der Waals surface area contributed by atoms with Crippen LogP contribution in [0.2, 0.25) is 0 Å². The first-order valence-electron chi connectivity index (χ1n) is 7.11. The van der Waals surface area contributed by atoms with E-state index in [0.717, 1.165) is 12.1 Å². The second-order valence-corrected chi connectivity index (χ2v) is 5.72. The second kappa shape index (κ2) is 7.79. The first-order chi connectivity index (χ1) is 10.6. The summed E-state index contributed by atoms with van der Waals surface area (Å²) in [6.45, 7) is 4.25. The van der Waals surface area contributed by atoms with E-state index < -0.39 is 6.04 Å². The predicted molar refractivity (Wildman–Crippen MR) is 84.6 cm³/mol. The molecule has 0 aliphatic carbocycles. The van der Waals surface area contributed by atoms with Gasteiger partial charge in [0.15, 0.2) is 10.8 Å². The molecule has 0 aliphatic heterocycles. The topological polar surface area (TPSA) is 88.4 Å². The first-order valence-corrected chi connectivity index (χ1v) is 8.10. The van der Waals surface area contributed by atoms with Crippen molar-refractivity contribution in [3.63, 3.8) is 0 Å². The zero-order valence-corrected chi connectivity index (χ0v) is 13.4. The quantitative estimate of drug-likeness (QED) is 0.738. The number of nitrogens with zero attached hydrogens (tertiary/aromatic N) is 3. The molecule has 0 saturated carbocycles. The third-order valence-electron chi connectivity index (χ3n) is 2.93. The van der Waals surface area contributed by atoms with Crippen LogP contribution in [0.15, 0.2) is 29.6 Å². The lowest BCUT2D eigenvalue weighted by atomic mass is 10.3. The molecule has 2 rings (SSSR count). The Morgan fingerprint density at radius 2 is 2.18 bits per heavy atom. The molecule has 2 N–H and O–H groups in total. The maximum Gasteiger partial charge on any atom is 0.242 e. The fourth-order valence-electron chi connectivity index (χ4n) is 1.80. The fourth-order valence-corrected chi connectivity index (χ4v) is 2.53. The number of nitrogens with one attached hydrogen (secondary N) is 2. The highest BCUT2D eigenvalue weighted by Gasteiger charge is 2.15. The van der Waals surface area contributed by atoms with E-state index in [-0.39, 0.29) is 17.6 Å². The second-order valence-electron chi connectivity index (χ2n) is 4.78. The van der Waals surface area contributed by atoms with E-state index in [2.05, 4.69) is 20.8 Å². The molecule has 0 aromatic carbocycles. The number of rotatable bonds is 7. The Morgan fingerprint density at radius 3 is 2.95 bits per heavy atom. The van der Waals surface area contributed by atoms with Crippen molar-refractivity contribution in [2.24, 2.45) is 0 Å². The summed E-state index contributed by atoms with van der Waals surface area (Å²) in [7, 11) is 0. The van der Waals surface area contributed by atoms with Crippen molar-refractivity contribution < 1.29 is 9.59 Å². The Kier molecular flexibility index (Phi) is 5.76. The van der Waals surface area contributed by atoms with Crippen molar-refractivity contribution in [3.05, 3.63) is 24.4 Å². The molecule has 2 aromatic heterocycles. The lowest BCUT2D eigenvalue weighted by Gasteiger charge is -2.13. The molecule has 0 saturated heterocycles. The zero-order chi connectivity index (χ0) is 15.9. The van der Waals surface area contributed by atoms with Gasteiger partial charge in [-0.05, 0) is 25.5 Å². The summed E-state index contributed by atoms with van der Waals surface area (Å²) < 4.78 is 1.81. The van der Waals surface area contributed by atoms with Gasteiger partial charge in [0.1, 0.15) is 6.04 Å². The van der Waals surface area contributed by atoms with Crippen LogP contribution in [0.3, 0.4) is 0 Å². The van der Waals surface area contributed by atoms with Crippen LogP contribution in [0.25, 0.3) is 5.65 Å². The fraction of sp³-hybridized carbons (Fsp3) is 0.429. The van der Waals surface area contributed by atoms with Crippen LogP contribution in [-0.4, -0.2) is 44.8 Å². The molecule has 7 nitrogen and oxygen atoms in total. The normalized spacial score (nSPS) is 12.1. The molecule has 0 spiro atoms. The minimum atomic E-state index is -0.546. The monoisotopic (exact) mass is 321 g/mol. The third-order valence-corrected chi connectivity index (χ3v) is 3.88. The lowest BCUT2D eigenvalue weighted by Crippen LogP contribution is -2.45. The van der Waals surface area contributed by atoms with Gasteiger partial charge in [-0.15, -0.1) is 10.2 Å². The van der Waals surface area contributed by atoms with Crippen molar-refractivity contribution in [1.82, 2.24) is 25.2 Å². The third kappa shape index (κ3) is 4.20. The van der Waals surface area contributed by atoms with E-state index in [0.29, 0.717) is 11.7 Å². The number of hydrogen-bond donors (Lipinski definition) is 2. The van der Waals surface area contributed by atoms with E-state index in [9.17, 15) is 9.59 Å². The zero-order valence-electron chi connectivity index (χ0n) is 12.6. The minimum Gasteiger partial charge on any atom is -0.354 e. The van der Waals surface area contributed by atoms with Gasteiger partial charge < -0.3 is 10.6 Å². The highest BCUT2D eigenvalue weighted by atomic mass is 32.2. The van der Waals surface area contributed by atoms with Crippen LogP contribution >= 0.6 is 11.8 Å². The summed E-state index contributed by atoms with van der Waals surface area (Å²) in [5.41, 5.74) is 0.734. The molecule has 1 atom stereocenters. The van der Waals surface area contributed by atoms with Gasteiger partial charge in [0.2, 0.25) is 11.8 Å². The Balaban J connectivity index is 1.84. The standard InChI is InChI=1S/C14H19N5O2S/c1-3-7-15-13(21)10(2)16-12(20)9-22-14-18-17-11-6-4-5-8-19(11)14/h4-6,8,10H,3,7,9H2,1-2H3,(H,15,21)(H,16,20)/t10-/m1/s1. The molecule has 118 valence electrons. The number of carbonyl (C=O) groups excluding carboxylic acids is 2. The van der Waals surface area contributed by atoms with Crippen molar-refractivity contribution >= 4 is 29.2 Å². The molecule has 2 heterocycles. The van der Waals surface area contributed by atoms with Crippen molar-refractivity contribution in [2.75, 3.05) is 12.3 Å². The number of aromatic nitrogens is 3. The first kappa shape index (κ1) is 16.3. The molecule has 0 fully saturated rings. The Labute approximate surface area is 132 Å². The van der Waals surface area contributed by atoms with Crippen molar-refractivity contribution in [3.8, 4) is 0 Å². The van der Waals surface area contributed by atoms with Gasteiger partial charge >= 0.3 is 0 Å². The van der Waals surface area contributed by atoms with Gasteiger partial charge in [-0.2, -0.15) is 0 Å².